The second-order valence-electron chi connectivity index (χ2n) is 6.23. The molecule has 2 aromatic rings. The predicted molar refractivity (Wildman–Crippen MR) is 86.1 cm³/mol. The summed E-state index contributed by atoms with van der Waals surface area (Å²) in [4.78, 5) is 4.63. The van der Waals surface area contributed by atoms with Crippen LogP contribution in [0.15, 0.2) is 41.2 Å². The Morgan fingerprint density at radius 3 is 2.55 bits per heavy atom. The Labute approximate surface area is 126 Å². The average Bonchev–Trinajstić information content (AvgIpc) is 3.01. The van der Waals surface area contributed by atoms with Crippen LogP contribution in [0.4, 0.5) is 0 Å². The van der Waals surface area contributed by atoms with Crippen molar-refractivity contribution in [2.75, 3.05) is 0 Å². The van der Waals surface area contributed by atoms with Crippen molar-refractivity contribution in [3.63, 3.8) is 0 Å². The maximum atomic E-state index is 4.63. The van der Waals surface area contributed by atoms with Crippen LogP contribution in [0.5, 0.6) is 0 Å². The number of aromatic nitrogens is 1. The molecule has 2 heteroatoms. The van der Waals surface area contributed by atoms with Crippen LogP contribution in [-0.4, -0.2) is 4.98 Å². The van der Waals surface area contributed by atoms with Gasteiger partial charge in [-0.2, -0.15) is 0 Å². The molecule has 1 nitrogen and oxygen atoms in total. The monoisotopic (exact) mass is 285 g/mol. The Balaban J connectivity index is 1.78. The highest BCUT2D eigenvalue weighted by Gasteiger charge is 2.28. The molecule has 1 aromatic heterocycles. The first-order valence-corrected chi connectivity index (χ1v) is 8.69. The molecule has 1 unspecified atom stereocenters. The van der Waals surface area contributed by atoms with Crippen LogP contribution in [0.2, 0.25) is 0 Å². The molecule has 3 rings (SSSR count). The molecule has 1 aromatic carbocycles. The number of nitrogens with zero attached hydrogens (tertiary/aromatic N) is 1. The Hall–Kier alpha value is -1.15. The van der Waals surface area contributed by atoms with Gasteiger partial charge < -0.3 is 0 Å². The second kappa shape index (κ2) is 6.53. The van der Waals surface area contributed by atoms with Crippen LogP contribution in [0, 0.1) is 11.8 Å². The fourth-order valence-corrected chi connectivity index (χ4v) is 4.09. The molecule has 0 spiro atoms. The first-order valence-electron chi connectivity index (χ1n) is 7.75. The molecular formula is C18H23NS. The van der Waals surface area contributed by atoms with Gasteiger partial charge in [0.25, 0.3) is 0 Å². The van der Waals surface area contributed by atoms with Crippen molar-refractivity contribution in [1.29, 1.82) is 0 Å². The minimum Gasteiger partial charge on any atom is -0.249 e. The maximum absolute atomic E-state index is 4.63. The van der Waals surface area contributed by atoms with Crippen LogP contribution in [0.3, 0.4) is 0 Å². The molecule has 0 saturated heterocycles. The highest BCUT2D eigenvalue weighted by Crippen LogP contribution is 2.39. The largest absolute Gasteiger partial charge is 0.249 e. The van der Waals surface area contributed by atoms with E-state index in [9.17, 15) is 0 Å². The van der Waals surface area contributed by atoms with Gasteiger partial charge in [0.15, 0.2) is 0 Å². The SMILES string of the molecule is CC1CCC(C(Cc2ccccc2)c2cscn2)CC1. The summed E-state index contributed by atoms with van der Waals surface area (Å²) in [6.45, 7) is 2.39. The van der Waals surface area contributed by atoms with E-state index in [1.54, 1.807) is 11.3 Å². The van der Waals surface area contributed by atoms with Crippen LogP contribution >= 0.6 is 11.3 Å². The van der Waals surface area contributed by atoms with Gasteiger partial charge in [-0.15, -0.1) is 11.3 Å². The van der Waals surface area contributed by atoms with Crippen LogP contribution < -0.4 is 0 Å². The summed E-state index contributed by atoms with van der Waals surface area (Å²) in [7, 11) is 0. The molecule has 1 saturated carbocycles. The third kappa shape index (κ3) is 3.29. The van der Waals surface area contributed by atoms with Gasteiger partial charge in [-0.05, 0) is 36.7 Å². The topological polar surface area (TPSA) is 12.9 Å². The van der Waals surface area contributed by atoms with Crippen LogP contribution in [0.1, 0.15) is 49.8 Å². The zero-order chi connectivity index (χ0) is 13.8. The molecular weight excluding hydrogens is 262 g/mol. The summed E-state index contributed by atoms with van der Waals surface area (Å²) < 4.78 is 0. The number of hydrogen-bond donors (Lipinski definition) is 0. The first-order chi connectivity index (χ1) is 9.83. The van der Waals surface area contributed by atoms with E-state index in [1.807, 2.05) is 5.51 Å². The Morgan fingerprint density at radius 2 is 1.90 bits per heavy atom. The van der Waals surface area contributed by atoms with Crippen molar-refractivity contribution in [3.8, 4) is 0 Å². The van der Waals surface area contributed by atoms with Gasteiger partial charge in [0.05, 0.1) is 11.2 Å². The second-order valence-corrected chi connectivity index (χ2v) is 6.95. The van der Waals surface area contributed by atoms with Gasteiger partial charge in [-0.25, -0.2) is 4.98 Å². The molecule has 106 valence electrons. The quantitative estimate of drug-likeness (QED) is 0.743. The van der Waals surface area contributed by atoms with Gasteiger partial charge in [-0.1, -0.05) is 50.1 Å². The summed E-state index contributed by atoms with van der Waals surface area (Å²) in [6, 6.07) is 10.9. The molecule has 1 heterocycles. The van der Waals surface area contributed by atoms with E-state index in [-0.39, 0.29) is 0 Å². The van der Waals surface area contributed by atoms with E-state index in [0.29, 0.717) is 5.92 Å². The lowest BCUT2D eigenvalue weighted by Crippen LogP contribution is -2.21. The summed E-state index contributed by atoms with van der Waals surface area (Å²) in [5, 5.41) is 2.26. The molecule has 0 aliphatic heterocycles. The van der Waals surface area contributed by atoms with E-state index >= 15 is 0 Å². The lowest BCUT2D eigenvalue weighted by atomic mass is 9.73. The summed E-state index contributed by atoms with van der Waals surface area (Å²) >= 11 is 1.73. The molecule has 0 bridgehead atoms. The smallest absolute Gasteiger partial charge is 0.0794 e. The van der Waals surface area contributed by atoms with Gasteiger partial charge >= 0.3 is 0 Å². The third-order valence-corrected chi connectivity index (χ3v) is 5.36. The van der Waals surface area contributed by atoms with Gasteiger partial charge in [0, 0.05) is 11.3 Å². The van der Waals surface area contributed by atoms with Crippen molar-refractivity contribution in [2.24, 2.45) is 11.8 Å². The van der Waals surface area contributed by atoms with E-state index in [1.165, 1.54) is 36.9 Å². The average molecular weight is 285 g/mol. The maximum Gasteiger partial charge on any atom is 0.0794 e. The molecule has 1 aliphatic rings. The van der Waals surface area contributed by atoms with Gasteiger partial charge in [0.1, 0.15) is 0 Å². The summed E-state index contributed by atoms with van der Waals surface area (Å²) in [5.41, 5.74) is 4.75. The predicted octanol–water partition coefficient (Wildman–Crippen LogP) is 5.30. The van der Waals surface area contributed by atoms with Gasteiger partial charge in [0.2, 0.25) is 0 Å². The molecule has 1 aliphatic carbocycles. The molecule has 20 heavy (non-hydrogen) atoms. The zero-order valence-corrected chi connectivity index (χ0v) is 13.0. The van der Waals surface area contributed by atoms with E-state index < -0.39 is 0 Å². The molecule has 0 radical (unpaired) electrons. The third-order valence-electron chi connectivity index (χ3n) is 4.76. The van der Waals surface area contributed by atoms with Crippen LogP contribution in [0.25, 0.3) is 0 Å². The number of thiazole rings is 1. The van der Waals surface area contributed by atoms with Crippen molar-refractivity contribution in [1.82, 2.24) is 4.98 Å². The van der Waals surface area contributed by atoms with E-state index in [0.717, 1.165) is 18.3 Å². The molecule has 0 N–H and O–H groups in total. The van der Waals surface area contributed by atoms with Crippen molar-refractivity contribution in [2.45, 2.75) is 44.9 Å². The van der Waals surface area contributed by atoms with Crippen LogP contribution in [-0.2, 0) is 6.42 Å². The molecule has 1 fully saturated rings. The zero-order valence-electron chi connectivity index (χ0n) is 12.2. The standard InChI is InChI=1S/C18H23NS/c1-14-7-9-16(10-8-14)17(18-12-20-13-19-18)11-15-5-3-2-4-6-15/h2-6,12-14,16-17H,7-11H2,1H3. The number of benzene rings is 1. The fraction of sp³-hybridized carbons (Fsp3) is 0.500. The number of rotatable bonds is 4. The van der Waals surface area contributed by atoms with Crippen molar-refractivity contribution >= 4 is 11.3 Å². The first kappa shape index (κ1) is 13.8. The Bertz CT molecular complexity index is 497. The molecule has 1 atom stereocenters. The Morgan fingerprint density at radius 1 is 1.15 bits per heavy atom. The normalized spacial score (nSPS) is 24.4. The fourth-order valence-electron chi connectivity index (χ4n) is 3.47. The lowest BCUT2D eigenvalue weighted by Gasteiger charge is -2.32. The Kier molecular flexibility index (Phi) is 4.51. The summed E-state index contributed by atoms with van der Waals surface area (Å²) in [5.74, 6) is 2.34. The number of hydrogen-bond acceptors (Lipinski definition) is 2. The van der Waals surface area contributed by atoms with Crippen molar-refractivity contribution < 1.29 is 0 Å². The minimum atomic E-state index is 0.608. The highest BCUT2D eigenvalue weighted by atomic mass is 32.1. The molecule has 0 amide bonds. The van der Waals surface area contributed by atoms with E-state index in [4.69, 9.17) is 0 Å². The van der Waals surface area contributed by atoms with E-state index in [2.05, 4.69) is 47.6 Å². The van der Waals surface area contributed by atoms with Gasteiger partial charge in [-0.3, -0.25) is 0 Å². The lowest BCUT2D eigenvalue weighted by molar-refractivity contribution is 0.250. The minimum absolute atomic E-state index is 0.608. The summed E-state index contributed by atoms with van der Waals surface area (Å²) in [6.07, 6.45) is 6.66. The van der Waals surface area contributed by atoms with Crippen molar-refractivity contribution in [3.05, 3.63) is 52.5 Å². The highest BCUT2D eigenvalue weighted by molar-refractivity contribution is 7.07.